The number of unbranched alkanes of at least 4 members (excludes halogenated alkanes) is 7. The van der Waals surface area contributed by atoms with E-state index in [0.29, 0.717) is 12.8 Å². The van der Waals surface area contributed by atoms with Crippen LogP contribution in [0.15, 0.2) is 24.3 Å². The number of ether oxygens (including phenoxy) is 1. The highest BCUT2D eigenvalue weighted by atomic mass is 16.5. The van der Waals surface area contributed by atoms with Crippen LogP contribution in [0, 0.1) is 0 Å². The third-order valence-corrected chi connectivity index (χ3v) is 4.77. The Labute approximate surface area is 153 Å². The molecule has 0 spiro atoms. The zero-order chi connectivity index (χ0) is 18.3. The van der Waals surface area contributed by atoms with E-state index in [2.05, 4.69) is 23.8 Å². The van der Waals surface area contributed by atoms with Crippen LogP contribution < -0.4 is 0 Å². The average Bonchev–Trinajstić information content (AvgIpc) is 2.64. The van der Waals surface area contributed by atoms with Crippen LogP contribution in [0.5, 0.6) is 0 Å². The van der Waals surface area contributed by atoms with E-state index in [4.69, 9.17) is 0 Å². The molecule has 1 N–H and O–H groups in total. The number of methoxy groups -OCH3 is 1. The van der Waals surface area contributed by atoms with Gasteiger partial charge in [-0.1, -0.05) is 69.7 Å². The van der Waals surface area contributed by atoms with E-state index >= 15 is 0 Å². The zero-order valence-corrected chi connectivity index (χ0v) is 16.1. The maximum atomic E-state index is 11.1. The summed E-state index contributed by atoms with van der Waals surface area (Å²) >= 11 is 0. The van der Waals surface area contributed by atoms with E-state index < -0.39 is 6.10 Å². The van der Waals surface area contributed by atoms with Crippen LogP contribution >= 0.6 is 0 Å². The highest BCUT2D eigenvalue weighted by Crippen LogP contribution is 2.21. The quantitative estimate of drug-likeness (QED) is 0.344. The molecular formula is C22H36O3. The molecule has 25 heavy (non-hydrogen) atoms. The molecule has 3 heteroatoms. The molecular weight excluding hydrogens is 312 g/mol. The molecule has 1 aromatic carbocycles. The Morgan fingerprint density at radius 2 is 1.60 bits per heavy atom. The van der Waals surface area contributed by atoms with Crippen LogP contribution in [0.3, 0.4) is 0 Å². The lowest BCUT2D eigenvalue weighted by Gasteiger charge is -2.11. The summed E-state index contributed by atoms with van der Waals surface area (Å²) < 4.78 is 4.62. The normalized spacial score (nSPS) is 12.1. The van der Waals surface area contributed by atoms with Gasteiger partial charge in [0.15, 0.2) is 0 Å². The predicted molar refractivity (Wildman–Crippen MR) is 104 cm³/mol. The number of rotatable bonds is 14. The van der Waals surface area contributed by atoms with Crippen LogP contribution in [0.2, 0.25) is 0 Å². The van der Waals surface area contributed by atoms with Gasteiger partial charge in [-0.25, -0.2) is 0 Å². The molecule has 0 aromatic heterocycles. The van der Waals surface area contributed by atoms with Crippen molar-refractivity contribution in [2.24, 2.45) is 0 Å². The standard InChI is InChI=1S/C22H36O3/c1-3-4-5-6-7-8-9-12-19-15-17-20(18-16-19)21(23)13-10-11-14-22(24)25-2/h15-18,21,23H,3-14H2,1-2H3. The van der Waals surface area contributed by atoms with Crippen molar-refractivity contribution >= 4 is 5.97 Å². The van der Waals surface area contributed by atoms with Crippen LogP contribution in [-0.4, -0.2) is 18.2 Å². The molecule has 0 saturated heterocycles. The second-order valence-corrected chi connectivity index (χ2v) is 6.95. The fourth-order valence-electron chi connectivity index (χ4n) is 3.07. The Kier molecular flexibility index (Phi) is 12.0. The molecule has 0 amide bonds. The van der Waals surface area contributed by atoms with Crippen molar-refractivity contribution in [3.05, 3.63) is 35.4 Å². The minimum Gasteiger partial charge on any atom is -0.469 e. The summed E-state index contributed by atoms with van der Waals surface area (Å²) in [6.45, 7) is 2.25. The molecule has 3 nitrogen and oxygen atoms in total. The topological polar surface area (TPSA) is 46.5 Å². The largest absolute Gasteiger partial charge is 0.469 e. The maximum Gasteiger partial charge on any atom is 0.305 e. The van der Waals surface area contributed by atoms with Crippen molar-refractivity contribution in [1.29, 1.82) is 0 Å². The second kappa shape index (κ2) is 13.9. The molecule has 0 bridgehead atoms. The van der Waals surface area contributed by atoms with Gasteiger partial charge in [0.2, 0.25) is 0 Å². The molecule has 0 saturated carbocycles. The number of aryl methyl sites for hydroxylation is 1. The highest BCUT2D eigenvalue weighted by Gasteiger charge is 2.08. The van der Waals surface area contributed by atoms with Gasteiger partial charge < -0.3 is 9.84 Å². The van der Waals surface area contributed by atoms with Crippen molar-refractivity contribution < 1.29 is 14.6 Å². The number of aliphatic hydroxyl groups excluding tert-OH is 1. The van der Waals surface area contributed by atoms with E-state index in [9.17, 15) is 9.90 Å². The highest BCUT2D eigenvalue weighted by molar-refractivity contribution is 5.68. The van der Waals surface area contributed by atoms with E-state index in [1.807, 2.05) is 12.1 Å². The smallest absolute Gasteiger partial charge is 0.305 e. The van der Waals surface area contributed by atoms with Crippen LogP contribution in [0.1, 0.15) is 94.8 Å². The van der Waals surface area contributed by atoms with Gasteiger partial charge in [0.05, 0.1) is 13.2 Å². The monoisotopic (exact) mass is 348 g/mol. The number of hydrogen-bond donors (Lipinski definition) is 1. The van der Waals surface area contributed by atoms with Crippen molar-refractivity contribution in [1.82, 2.24) is 0 Å². The van der Waals surface area contributed by atoms with E-state index in [0.717, 1.165) is 24.8 Å². The minimum absolute atomic E-state index is 0.177. The molecule has 1 unspecified atom stereocenters. The first-order valence-corrected chi connectivity index (χ1v) is 10.0. The molecule has 142 valence electrons. The first-order valence-electron chi connectivity index (χ1n) is 10.0. The van der Waals surface area contributed by atoms with E-state index in [1.165, 1.54) is 57.6 Å². The summed E-state index contributed by atoms with van der Waals surface area (Å²) in [6.07, 6.45) is 12.7. The SMILES string of the molecule is CCCCCCCCCc1ccc(C(O)CCCCC(=O)OC)cc1. The first kappa shape index (κ1) is 21.7. The first-order chi connectivity index (χ1) is 12.2. The Morgan fingerprint density at radius 3 is 2.24 bits per heavy atom. The van der Waals surface area contributed by atoms with Crippen LogP contribution in [0.4, 0.5) is 0 Å². The lowest BCUT2D eigenvalue weighted by atomic mass is 9.99. The summed E-state index contributed by atoms with van der Waals surface area (Å²) in [6, 6.07) is 8.37. The fourth-order valence-corrected chi connectivity index (χ4v) is 3.07. The lowest BCUT2D eigenvalue weighted by molar-refractivity contribution is -0.140. The maximum absolute atomic E-state index is 11.1. The minimum atomic E-state index is -0.440. The van der Waals surface area contributed by atoms with Gasteiger partial charge >= 0.3 is 5.97 Å². The summed E-state index contributed by atoms with van der Waals surface area (Å²) in [7, 11) is 1.41. The lowest BCUT2D eigenvalue weighted by Crippen LogP contribution is -2.01. The van der Waals surface area contributed by atoms with Crippen molar-refractivity contribution in [2.75, 3.05) is 7.11 Å². The molecule has 0 aliphatic heterocycles. The Bertz CT molecular complexity index is 453. The number of esters is 1. The molecule has 0 radical (unpaired) electrons. The molecule has 0 heterocycles. The number of aliphatic hydroxyl groups is 1. The van der Waals surface area contributed by atoms with Gasteiger partial charge in [-0.2, -0.15) is 0 Å². The molecule has 1 rings (SSSR count). The number of carbonyl (C=O) groups excluding carboxylic acids is 1. The summed E-state index contributed by atoms with van der Waals surface area (Å²) in [5.74, 6) is -0.177. The number of carbonyl (C=O) groups is 1. The average molecular weight is 349 g/mol. The molecule has 1 aromatic rings. The molecule has 1 atom stereocenters. The van der Waals surface area contributed by atoms with Gasteiger partial charge in [-0.05, 0) is 43.2 Å². The number of hydrogen-bond acceptors (Lipinski definition) is 3. The summed E-state index contributed by atoms with van der Waals surface area (Å²) in [5, 5.41) is 10.2. The van der Waals surface area contributed by atoms with Gasteiger partial charge in [-0.3, -0.25) is 4.79 Å². The zero-order valence-electron chi connectivity index (χ0n) is 16.1. The molecule has 0 aliphatic rings. The number of benzene rings is 1. The molecule has 0 fully saturated rings. The van der Waals surface area contributed by atoms with Crippen molar-refractivity contribution in [3.8, 4) is 0 Å². The van der Waals surface area contributed by atoms with E-state index in [1.54, 1.807) is 0 Å². The van der Waals surface area contributed by atoms with Gasteiger partial charge in [0.1, 0.15) is 0 Å². The second-order valence-electron chi connectivity index (χ2n) is 6.95. The van der Waals surface area contributed by atoms with Crippen molar-refractivity contribution in [3.63, 3.8) is 0 Å². The third kappa shape index (κ3) is 10.3. The summed E-state index contributed by atoms with van der Waals surface area (Å²) in [4.78, 5) is 11.1. The Morgan fingerprint density at radius 1 is 0.960 bits per heavy atom. The fraction of sp³-hybridized carbons (Fsp3) is 0.682. The van der Waals surface area contributed by atoms with Crippen LogP contribution in [0.25, 0.3) is 0 Å². The predicted octanol–water partition coefficient (Wildman–Crippen LogP) is 5.75. The van der Waals surface area contributed by atoms with E-state index in [-0.39, 0.29) is 5.97 Å². The molecule has 0 aliphatic carbocycles. The Balaban J connectivity index is 2.18. The Hall–Kier alpha value is -1.35. The summed E-state index contributed by atoms with van der Waals surface area (Å²) in [5.41, 5.74) is 2.33. The van der Waals surface area contributed by atoms with Gasteiger partial charge in [0, 0.05) is 6.42 Å². The third-order valence-electron chi connectivity index (χ3n) is 4.77. The van der Waals surface area contributed by atoms with Crippen molar-refractivity contribution in [2.45, 2.75) is 90.1 Å². The van der Waals surface area contributed by atoms with Gasteiger partial charge in [0.25, 0.3) is 0 Å². The van der Waals surface area contributed by atoms with Crippen LogP contribution in [-0.2, 0) is 16.0 Å². The van der Waals surface area contributed by atoms with Gasteiger partial charge in [-0.15, -0.1) is 0 Å².